The molecule has 2 aromatic carbocycles. The largest absolute Gasteiger partial charge is 0.553 e. The molecule has 0 saturated heterocycles. The quantitative estimate of drug-likeness (QED) is 0.169. The fraction of sp³-hybridized carbons (Fsp3) is 0.226. The molecule has 7 rings (SSSR count). The van der Waals surface area contributed by atoms with Crippen LogP contribution in [0.25, 0.3) is 5.57 Å². The van der Waals surface area contributed by atoms with Crippen LogP contribution in [-0.2, 0) is 17.8 Å². The number of aromatic nitrogens is 1. The Balaban J connectivity index is 1.30. The first-order chi connectivity index (χ1) is 19.6. The lowest BCUT2D eigenvalue weighted by Gasteiger charge is -2.28. The van der Waals surface area contributed by atoms with Crippen molar-refractivity contribution in [2.75, 3.05) is 17.2 Å². The van der Waals surface area contributed by atoms with Gasteiger partial charge in [-0.25, -0.2) is 0 Å². The van der Waals surface area contributed by atoms with E-state index in [1.807, 2.05) is 18.3 Å². The summed E-state index contributed by atoms with van der Waals surface area (Å²) in [6.45, 7) is 3.37. The van der Waals surface area contributed by atoms with Gasteiger partial charge in [-0.05, 0) is 59.9 Å². The first-order valence-electron chi connectivity index (χ1n) is 13.9. The second kappa shape index (κ2) is 9.91. The lowest BCUT2D eigenvalue weighted by molar-refractivity contribution is -0.550. The molecule has 0 atom stereocenters. The Labute approximate surface area is 234 Å². The molecular weight excluding hydrogens is 497 g/mol. The fourth-order valence-corrected chi connectivity index (χ4v) is 5.90. The summed E-state index contributed by atoms with van der Waals surface area (Å²) in [7, 11) is 2.18. The summed E-state index contributed by atoms with van der Waals surface area (Å²) in [5, 5.41) is 6.38. The molecule has 1 aliphatic carbocycles. The zero-order chi connectivity index (χ0) is 27.2. The molecule has 0 unspecified atom stereocenters. The maximum absolute atomic E-state index is 11.6. The van der Waals surface area contributed by atoms with E-state index in [-0.39, 0.29) is 5.91 Å². The second-order valence-electron chi connectivity index (χ2n) is 10.8. The zero-order valence-corrected chi connectivity index (χ0v) is 22.5. The van der Waals surface area contributed by atoms with Crippen LogP contribution in [0.4, 0.5) is 11.5 Å². The van der Waals surface area contributed by atoms with Crippen LogP contribution in [-0.4, -0.2) is 39.7 Å². The fourth-order valence-electron chi connectivity index (χ4n) is 5.90. The summed E-state index contributed by atoms with van der Waals surface area (Å²) in [5.74, 6) is 8.36. The number of fused-ring (bicyclic) bond motifs is 3. The molecule has 1 radical (unpaired) electrons. The standard InChI is InChI=1S/C31H31BN7O/c1-20(40)35-25-10-8-23(9-11-25)31-27-12-14-29(34-18-26(36-33)22-6-7-22)38(27)32-39-28(31)13-15-30(39)37-17-16-21-4-2-3-5-24(21)19-37/h2-5,8-15,18,22,36H,6-7,16-17,19,33H2,1H3,(H,34,35,40)/p+1. The Hall–Kier alpha value is -4.50. The maximum atomic E-state index is 11.6. The highest BCUT2D eigenvalue weighted by atomic mass is 16.1. The van der Waals surface area contributed by atoms with E-state index in [4.69, 9.17) is 5.84 Å². The number of nitrogens with zero attached hydrogens (tertiary/aromatic N) is 3. The van der Waals surface area contributed by atoms with E-state index >= 15 is 0 Å². The molecule has 40 heavy (non-hydrogen) atoms. The van der Waals surface area contributed by atoms with Gasteiger partial charge in [-0.2, -0.15) is 0 Å². The van der Waals surface area contributed by atoms with Crippen LogP contribution in [0.15, 0.2) is 90.4 Å². The van der Waals surface area contributed by atoms with Gasteiger partial charge in [0.1, 0.15) is 18.1 Å². The summed E-state index contributed by atoms with van der Waals surface area (Å²) in [6.07, 6.45) is 9.80. The van der Waals surface area contributed by atoms with Crippen LogP contribution in [0.5, 0.6) is 0 Å². The van der Waals surface area contributed by atoms with E-state index in [1.54, 1.807) is 0 Å². The highest BCUT2D eigenvalue weighted by Crippen LogP contribution is 2.39. The summed E-state index contributed by atoms with van der Waals surface area (Å²) < 4.78 is 4.67. The Bertz CT molecular complexity index is 1630. The molecule has 8 nitrogen and oxygen atoms in total. The Morgan fingerprint density at radius 2 is 1.85 bits per heavy atom. The number of allylic oxidation sites excluding steroid dienone is 2. The lowest BCUT2D eigenvalue weighted by atomic mass is 9.91. The van der Waals surface area contributed by atoms with Crippen LogP contribution < -0.4 is 21.9 Å². The van der Waals surface area contributed by atoms with E-state index in [0.717, 1.165) is 72.1 Å². The predicted molar refractivity (Wildman–Crippen MR) is 159 cm³/mol. The van der Waals surface area contributed by atoms with Gasteiger partial charge >= 0.3 is 7.55 Å². The normalized spacial score (nSPS) is 19.6. The summed E-state index contributed by atoms with van der Waals surface area (Å²) in [5.41, 5.74) is 11.9. The monoisotopic (exact) mass is 529 g/mol. The minimum Gasteiger partial charge on any atom is -0.347 e. The summed E-state index contributed by atoms with van der Waals surface area (Å²) >= 11 is 0. The van der Waals surface area contributed by atoms with E-state index in [0.29, 0.717) is 5.92 Å². The van der Waals surface area contributed by atoms with Gasteiger partial charge in [0.05, 0.1) is 6.54 Å². The Morgan fingerprint density at radius 3 is 2.60 bits per heavy atom. The van der Waals surface area contributed by atoms with Gasteiger partial charge in [0.2, 0.25) is 5.91 Å². The lowest BCUT2D eigenvalue weighted by Crippen LogP contribution is -2.43. The van der Waals surface area contributed by atoms with E-state index in [2.05, 4.69) is 98.2 Å². The van der Waals surface area contributed by atoms with Crippen molar-refractivity contribution in [3.8, 4) is 0 Å². The molecule has 0 bridgehead atoms. The molecule has 1 fully saturated rings. The number of nitrogens with one attached hydrogen (secondary N) is 3. The van der Waals surface area contributed by atoms with Gasteiger partial charge in [0.25, 0.3) is 5.84 Å². The molecule has 9 heteroatoms. The number of anilines is 2. The molecule has 4 heterocycles. The van der Waals surface area contributed by atoms with Gasteiger partial charge in [-0.15, -0.1) is 0 Å². The third-order valence-electron chi connectivity index (χ3n) is 8.07. The number of hydrogen-bond acceptors (Lipinski definition) is 4. The number of nitrogens with two attached hydrogens (primary N) is 1. The van der Waals surface area contributed by atoms with Crippen molar-refractivity contribution in [2.24, 2.45) is 11.8 Å². The smallest absolute Gasteiger partial charge is 0.347 e. The van der Waals surface area contributed by atoms with E-state index in [9.17, 15) is 4.79 Å². The van der Waals surface area contributed by atoms with Gasteiger partial charge in [-0.1, -0.05) is 36.4 Å². The molecule has 3 aliphatic heterocycles. The van der Waals surface area contributed by atoms with Crippen LogP contribution in [0.1, 0.15) is 42.1 Å². The molecule has 1 aromatic heterocycles. The average Bonchev–Trinajstić information content (AvgIpc) is 3.60. The minimum atomic E-state index is -0.0792. The van der Waals surface area contributed by atoms with E-state index in [1.165, 1.54) is 23.9 Å². The third kappa shape index (κ3) is 4.42. The molecule has 5 N–H and O–H groups in total. The van der Waals surface area contributed by atoms with Crippen LogP contribution in [0.2, 0.25) is 0 Å². The van der Waals surface area contributed by atoms with Crippen molar-refractivity contribution in [3.05, 3.63) is 113 Å². The predicted octanol–water partition coefficient (Wildman–Crippen LogP) is 3.77. The molecular formula is C31H32BN7O+. The Morgan fingerprint density at radius 1 is 1.05 bits per heavy atom. The zero-order valence-electron chi connectivity index (χ0n) is 22.5. The first-order valence-corrected chi connectivity index (χ1v) is 13.9. The van der Waals surface area contributed by atoms with Crippen molar-refractivity contribution in [1.29, 1.82) is 0 Å². The van der Waals surface area contributed by atoms with Crippen molar-refractivity contribution in [1.82, 2.24) is 14.7 Å². The average molecular weight is 529 g/mol. The van der Waals surface area contributed by atoms with Gasteiger partial charge < -0.3 is 20.5 Å². The van der Waals surface area contributed by atoms with Crippen molar-refractivity contribution in [2.45, 2.75) is 32.7 Å². The molecule has 4 aliphatic rings. The number of amides is 1. The Kier molecular flexibility index (Phi) is 6.08. The molecule has 199 valence electrons. The third-order valence-corrected chi connectivity index (χ3v) is 8.07. The number of carbonyl (C=O) groups excluding carboxylic acids is 1. The highest BCUT2D eigenvalue weighted by molar-refractivity contribution is 6.41. The number of benzene rings is 2. The second-order valence-corrected chi connectivity index (χ2v) is 10.8. The van der Waals surface area contributed by atoms with Crippen molar-refractivity contribution < 1.29 is 9.37 Å². The highest BCUT2D eigenvalue weighted by Gasteiger charge is 2.40. The maximum Gasteiger partial charge on any atom is 0.553 e. The number of amidine groups is 1. The molecule has 3 aromatic rings. The van der Waals surface area contributed by atoms with Crippen LogP contribution >= 0.6 is 0 Å². The molecule has 1 amide bonds. The van der Waals surface area contributed by atoms with Gasteiger partial charge in [0, 0.05) is 54.2 Å². The summed E-state index contributed by atoms with van der Waals surface area (Å²) in [4.78, 5) is 13.9. The van der Waals surface area contributed by atoms with Gasteiger partial charge in [-0.3, -0.25) is 20.0 Å². The van der Waals surface area contributed by atoms with Crippen LogP contribution in [0.3, 0.4) is 0 Å². The van der Waals surface area contributed by atoms with Crippen LogP contribution in [0, 0.1) is 5.92 Å². The topological polar surface area (TPSA) is 90.4 Å². The summed E-state index contributed by atoms with van der Waals surface area (Å²) in [6, 6.07) is 21.1. The molecule has 0 spiro atoms. The van der Waals surface area contributed by atoms with E-state index < -0.39 is 0 Å². The SMILES string of the molecule is CC(=O)Nc1ccc(C2=C3C=CC(=[N+]4CCc5ccccc5C4)N3[B]n3c(NC=C(NN)C4CC4)ccc32)cc1. The minimum absolute atomic E-state index is 0.0792. The first kappa shape index (κ1) is 24.5. The molecule has 1 saturated carbocycles. The van der Waals surface area contributed by atoms with Crippen molar-refractivity contribution in [3.63, 3.8) is 0 Å². The number of hydrazine groups is 1. The van der Waals surface area contributed by atoms with Gasteiger partial charge in [0.15, 0.2) is 0 Å². The number of hydrogen-bond donors (Lipinski definition) is 4. The number of carbonyl (C=O) groups is 1. The number of rotatable bonds is 6. The van der Waals surface area contributed by atoms with Crippen molar-refractivity contribution >= 4 is 36.4 Å².